The summed E-state index contributed by atoms with van der Waals surface area (Å²) in [5.74, 6) is 0.539. The molecule has 18 heavy (non-hydrogen) atoms. The first-order valence-corrected chi connectivity index (χ1v) is 6.59. The molecule has 1 N–H and O–H groups in total. The lowest BCUT2D eigenvalue weighted by molar-refractivity contribution is -0.122. The van der Waals surface area contributed by atoms with Gasteiger partial charge in [0.15, 0.2) is 0 Å². The van der Waals surface area contributed by atoms with E-state index in [-0.39, 0.29) is 5.91 Å². The maximum atomic E-state index is 11.3. The Kier molecular flexibility index (Phi) is 11.0. The molecule has 5 nitrogen and oxygen atoms in total. The van der Waals surface area contributed by atoms with Gasteiger partial charge >= 0.3 is 0 Å². The van der Waals surface area contributed by atoms with Crippen molar-refractivity contribution in [2.75, 3.05) is 53.6 Å². The van der Waals surface area contributed by atoms with Gasteiger partial charge in [-0.1, -0.05) is 13.8 Å². The number of ether oxygens (including phenoxy) is 2. The number of nitrogens with one attached hydrogen (secondary N) is 1. The first-order chi connectivity index (χ1) is 8.52. The number of rotatable bonds is 11. The average molecular weight is 260 g/mol. The molecule has 0 unspecified atom stereocenters. The van der Waals surface area contributed by atoms with Gasteiger partial charge in [-0.3, -0.25) is 4.79 Å². The van der Waals surface area contributed by atoms with Gasteiger partial charge in [0.25, 0.3) is 0 Å². The summed E-state index contributed by atoms with van der Waals surface area (Å²) in [7, 11) is 4.02. The van der Waals surface area contributed by atoms with Gasteiger partial charge in [0.05, 0.1) is 26.4 Å². The molecule has 0 rings (SSSR count). The highest BCUT2D eigenvalue weighted by atomic mass is 16.5. The Balaban J connectivity index is 3.17. The summed E-state index contributed by atoms with van der Waals surface area (Å²) in [6.07, 6.45) is 0.421. The highest BCUT2D eigenvalue weighted by molar-refractivity contribution is 5.75. The maximum Gasteiger partial charge on any atom is 0.222 e. The van der Waals surface area contributed by atoms with Crippen LogP contribution in [0.2, 0.25) is 0 Å². The zero-order valence-electron chi connectivity index (χ0n) is 12.2. The van der Waals surface area contributed by atoms with E-state index in [0.29, 0.717) is 38.8 Å². The molecule has 0 fully saturated rings. The second kappa shape index (κ2) is 11.4. The number of amides is 1. The minimum Gasteiger partial charge on any atom is -0.379 e. The summed E-state index contributed by atoms with van der Waals surface area (Å²) in [6.45, 7) is 8.09. The van der Waals surface area contributed by atoms with Crippen LogP contribution in [0.3, 0.4) is 0 Å². The van der Waals surface area contributed by atoms with E-state index in [4.69, 9.17) is 9.47 Å². The predicted octanol–water partition coefficient (Wildman–Crippen LogP) is 0.744. The first kappa shape index (κ1) is 17.4. The van der Waals surface area contributed by atoms with E-state index < -0.39 is 0 Å². The standard InChI is InChI=1S/C13H28N2O3/c1-12(2)11-14-13(16)5-7-17-9-10-18-8-6-15(3)4/h12H,5-11H2,1-4H3,(H,14,16). The van der Waals surface area contributed by atoms with E-state index in [1.165, 1.54) is 0 Å². The van der Waals surface area contributed by atoms with Crippen molar-refractivity contribution in [3.05, 3.63) is 0 Å². The second-order valence-electron chi connectivity index (χ2n) is 4.98. The third-order valence-corrected chi connectivity index (χ3v) is 2.24. The lowest BCUT2D eigenvalue weighted by Gasteiger charge is -2.10. The van der Waals surface area contributed by atoms with E-state index in [1.807, 2.05) is 14.1 Å². The van der Waals surface area contributed by atoms with E-state index in [2.05, 4.69) is 24.1 Å². The largest absolute Gasteiger partial charge is 0.379 e. The SMILES string of the molecule is CC(C)CNC(=O)CCOCCOCCN(C)C. The van der Waals surface area contributed by atoms with Gasteiger partial charge in [0, 0.05) is 19.5 Å². The molecule has 1 amide bonds. The molecular weight excluding hydrogens is 232 g/mol. The van der Waals surface area contributed by atoms with Crippen LogP contribution in [0.4, 0.5) is 0 Å². The molecule has 0 radical (unpaired) electrons. The predicted molar refractivity (Wildman–Crippen MR) is 72.7 cm³/mol. The van der Waals surface area contributed by atoms with Crippen molar-refractivity contribution < 1.29 is 14.3 Å². The van der Waals surface area contributed by atoms with Crippen LogP contribution in [0.5, 0.6) is 0 Å². The molecule has 0 aromatic rings. The van der Waals surface area contributed by atoms with Crippen LogP contribution in [-0.2, 0) is 14.3 Å². The Morgan fingerprint density at radius 3 is 2.28 bits per heavy atom. The highest BCUT2D eigenvalue weighted by Crippen LogP contribution is 1.89. The topological polar surface area (TPSA) is 50.8 Å². The number of hydrogen-bond acceptors (Lipinski definition) is 4. The zero-order valence-corrected chi connectivity index (χ0v) is 12.2. The van der Waals surface area contributed by atoms with E-state index in [0.717, 1.165) is 13.1 Å². The minimum absolute atomic E-state index is 0.0530. The number of nitrogens with zero attached hydrogens (tertiary/aromatic N) is 1. The van der Waals surface area contributed by atoms with Crippen LogP contribution in [0.15, 0.2) is 0 Å². The van der Waals surface area contributed by atoms with Crippen molar-refractivity contribution >= 4 is 5.91 Å². The first-order valence-electron chi connectivity index (χ1n) is 6.59. The monoisotopic (exact) mass is 260 g/mol. The summed E-state index contributed by atoms with van der Waals surface area (Å²) in [5, 5.41) is 2.85. The molecule has 0 saturated carbocycles. The highest BCUT2D eigenvalue weighted by Gasteiger charge is 2.01. The van der Waals surface area contributed by atoms with Gasteiger partial charge in [-0.2, -0.15) is 0 Å². The summed E-state index contributed by atoms with van der Waals surface area (Å²) in [4.78, 5) is 13.4. The maximum absolute atomic E-state index is 11.3. The van der Waals surface area contributed by atoms with Crippen LogP contribution < -0.4 is 5.32 Å². The van der Waals surface area contributed by atoms with Crippen molar-refractivity contribution in [3.63, 3.8) is 0 Å². The van der Waals surface area contributed by atoms with E-state index >= 15 is 0 Å². The van der Waals surface area contributed by atoms with Crippen molar-refractivity contribution in [1.29, 1.82) is 0 Å². The van der Waals surface area contributed by atoms with Crippen molar-refractivity contribution in [2.45, 2.75) is 20.3 Å². The van der Waals surface area contributed by atoms with Gasteiger partial charge in [-0.25, -0.2) is 0 Å². The summed E-state index contributed by atoms with van der Waals surface area (Å²) in [5.41, 5.74) is 0. The van der Waals surface area contributed by atoms with Gasteiger partial charge in [0.1, 0.15) is 0 Å². The van der Waals surface area contributed by atoms with Gasteiger partial charge in [-0.15, -0.1) is 0 Å². The normalized spacial score (nSPS) is 11.2. The van der Waals surface area contributed by atoms with Crippen LogP contribution in [0, 0.1) is 5.92 Å². The lowest BCUT2D eigenvalue weighted by atomic mass is 10.2. The van der Waals surface area contributed by atoms with Crippen LogP contribution >= 0.6 is 0 Å². The Labute approximate surface area is 111 Å². The molecule has 108 valence electrons. The molecule has 0 heterocycles. The second-order valence-corrected chi connectivity index (χ2v) is 4.98. The van der Waals surface area contributed by atoms with Crippen LogP contribution in [-0.4, -0.2) is 64.4 Å². The smallest absolute Gasteiger partial charge is 0.222 e. The Hall–Kier alpha value is -0.650. The van der Waals surface area contributed by atoms with E-state index in [1.54, 1.807) is 0 Å². The number of likely N-dealkylation sites (N-methyl/N-ethyl adjacent to an activating group) is 1. The molecule has 0 aliphatic carbocycles. The molecule has 0 aliphatic heterocycles. The Morgan fingerprint density at radius 2 is 1.72 bits per heavy atom. The molecule has 0 aromatic heterocycles. The molecule has 0 spiro atoms. The van der Waals surface area contributed by atoms with Gasteiger partial charge < -0.3 is 19.7 Å². The van der Waals surface area contributed by atoms with Crippen molar-refractivity contribution in [2.24, 2.45) is 5.92 Å². The summed E-state index contributed by atoms with van der Waals surface area (Å²) < 4.78 is 10.7. The Bertz CT molecular complexity index is 208. The molecule has 0 aromatic carbocycles. The van der Waals surface area contributed by atoms with Crippen molar-refractivity contribution in [1.82, 2.24) is 10.2 Å². The lowest BCUT2D eigenvalue weighted by Crippen LogP contribution is -2.28. The Morgan fingerprint density at radius 1 is 1.11 bits per heavy atom. The van der Waals surface area contributed by atoms with Crippen LogP contribution in [0.1, 0.15) is 20.3 Å². The van der Waals surface area contributed by atoms with E-state index in [9.17, 15) is 4.79 Å². The van der Waals surface area contributed by atoms with Gasteiger partial charge in [-0.05, 0) is 20.0 Å². The fourth-order valence-corrected chi connectivity index (χ4v) is 1.14. The average Bonchev–Trinajstić information content (AvgIpc) is 2.29. The molecule has 0 saturated heterocycles. The third-order valence-electron chi connectivity index (χ3n) is 2.24. The summed E-state index contributed by atoms with van der Waals surface area (Å²) >= 11 is 0. The molecule has 0 bridgehead atoms. The quantitative estimate of drug-likeness (QED) is 0.557. The molecule has 0 atom stereocenters. The molecule has 0 aliphatic rings. The number of hydrogen-bond donors (Lipinski definition) is 1. The minimum atomic E-state index is 0.0530. The summed E-state index contributed by atoms with van der Waals surface area (Å²) in [6, 6.07) is 0. The van der Waals surface area contributed by atoms with Crippen LogP contribution in [0.25, 0.3) is 0 Å². The fourth-order valence-electron chi connectivity index (χ4n) is 1.14. The number of carbonyl (C=O) groups excluding carboxylic acids is 1. The van der Waals surface area contributed by atoms with Crippen molar-refractivity contribution in [3.8, 4) is 0 Å². The molecule has 5 heteroatoms. The third kappa shape index (κ3) is 13.4. The fraction of sp³-hybridized carbons (Fsp3) is 0.923. The zero-order chi connectivity index (χ0) is 13.8. The molecular formula is C13H28N2O3. The number of carbonyl (C=O) groups is 1. The van der Waals surface area contributed by atoms with Gasteiger partial charge in [0.2, 0.25) is 5.91 Å².